The van der Waals surface area contributed by atoms with Crippen molar-refractivity contribution in [2.45, 2.75) is 26.5 Å². The van der Waals surface area contributed by atoms with Gasteiger partial charge in [0.05, 0.1) is 10.8 Å². The zero-order valence-electron chi connectivity index (χ0n) is 14.9. The number of hydrogen-bond donors (Lipinski definition) is 1. The lowest BCUT2D eigenvalue weighted by Gasteiger charge is -2.13. The summed E-state index contributed by atoms with van der Waals surface area (Å²) in [6.07, 6.45) is -1.01. The molecule has 1 N–H and O–H groups in total. The number of fused-ring (bicyclic) bond motifs is 1. The van der Waals surface area contributed by atoms with Gasteiger partial charge in [-0.05, 0) is 26.0 Å². The van der Waals surface area contributed by atoms with Crippen molar-refractivity contribution in [1.82, 2.24) is 9.78 Å². The smallest absolute Gasteiger partial charge is 0.328 e. The second-order valence-electron chi connectivity index (χ2n) is 6.24. The normalized spacial score (nSPS) is 11.9. The van der Waals surface area contributed by atoms with Crippen LogP contribution in [0.15, 0.2) is 58.1 Å². The first-order valence-corrected chi connectivity index (χ1v) is 8.39. The molecular weight excluding hydrogens is 348 g/mol. The number of ketones is 1. The van der Waals surface area contributed by atoms with Gasteiger partial charge >= 0.3 is 5.97 Å². The van der Waals surface area contributed by atoms with Crippen LogP contribution in [0.4, 0.5) is 0 Å². The molecule has 0 amide bonds. The molecule has 27 heavy (non-hydrogen) atoms. The predicted octanol–water partition coefficient (Wildman–Crippen LogP) is 1.81. The number of nitrogens with one attached hydrogen (secondary N) is 1. The number of aryl methyl sites for hydroxylation is 1. The molecule has 3 rings (SSSR count). The Morgan fingerprint density at radius 2 is 1.67 bits per heavy atom. The largest absolute Gasteiger partial charge is 0.453 e. The minimum atomic E-state index is -1.01. The molecule has 1 heterocycles. The highest BCUT2D eigenvalue weighted by Gasteiger charge is 2.20. The van der Waals surface area contributed by atoms with Gasteiger partial charge in [-0.1, -0.05) is 42.0 Å². The van der Waals surface area contributed by atoms with E-state index in [4.69, 9.17) is 4.74 Å². The number of Topliss-reactive ketones (excluding diaryl/α,β-unsaturated/α-hetero) is 1. The first kappa shape index (κ1) is 18.3. The summed E-state index contributed by atoms with van der Waals surface area (Å²) in [7, 11) is 0. The molecule has 0 aliphatic heterocycles. The number of aromatic nitrogens is 2. The van der Waals surface area contributed by atoms with E-state index >= 15 is 0 Å². The summed E-state index contributed by atoms with van der Waals surface area (Å²) in [5.41, 5.74) is 0.439. The summed E-state index contributed by atoms with van der Waals surface area (Å²) in [6, 6.07) is 13.2. The average molecular weight is 366 g/mol. The minimum Gasteiger partial charge on any atom is -0.453 e. The van der Waals surface area contributed by atoms with E-state index in [9.17, 15) is 19.2 Å². The molecule has 138 valence electrons. The maximum absolute atomic E-state index is 12.4. The van der Waals surface area contributed by atoms with Gasteiger partial charge in [0.1, 0.15) is 6.54 Å². The van der Waals surface area contributed by atoms with Crippen LogP contribution in [0, 0.1) is 6.92 Å². The number of esters is 1. The number of ether oxygens (including phenoxy) is 1. The van der Waals surface area contributed by atoms with Crippen LogP contribution in [0.1, 0.15) is 22.8 Å². The Kier molecular flexibility index (Phi) is 5.03. The Balaban J connectivity index is 1.76. The van der Waals surface area contributed by atoms with Crippen LogP contribution in [-0.4, -0.2) is 27.6 Å². The van der Waals surface area contributed by atoms with Gasteiger partial charge in [-0.3, -0.25) is 24.3 Å². The lowest BCUT2D eigenvalue weighted by Crippen LogP contribution is -2.34. The molecule has 0 unspecified atom stereocenters. The first-order valence-electron chi connectivity index (χ1n) is 8.39. The third kappa shape index (κ3) is 3.87. The molecule has 1 atom stereocenters. The lowest BCUT2D eigenvalue weighted by atomic mass is 10.1. The van der Waals surface area contributed by atoms with Crippen molar-refractivity contribution < 1.29 is 14.3 Å². The van der Waals surface area contributed by atoms with Crippen molar-refractivity contribution in [2.24, 2.45) is 0 Å². The lowest BCUT2D eigenvalue weighted by molar-refractivity contribution is -0.147. The molecule has 0 saturated carbocycles. The summed E-state index contributed by atoms with van der Waals surface area (Å²) < 4.78 is 6.02. The Bertz CT molecular complexity index is 1130. The molecule has 2 aromatic carbocycles. The molecule has 0 fully saturated rings. The summed E-state index contributed by atoms with van der Waals surface area (Å²) in [5.74, 6) is -1.14. The first-order chi connectivity index (χ1) is 12.9. The summed E-state index contributed by atoms with van der Waals surface area (Å²) in [4.78, 5) is 49.0. The van der Waals surface area contributed by atoms with E-state index in [2.05, 4.69) is 5.10 Å². The van der Waals surface area contributed by atoms with Crippen LogP contribution in [0.3, 0.4) is 0 Å². The topological polar surface area (TPSA) is 98.2 Å². The zero-order valence-corrected chi connectivity index (χ0v) is 14.9. The van der Waals surface area contributed by atoms with E-state index in [-0.39, 0.29) is 16.6 Å². The van der Waals surface area contributed by atoms with Crippen LogP contribution in [0.5, 0.6) is 0 Å². The predicted molar refractivity (Wildman–Crippen MR) is 99.9 cm³/mol. The van der Waals surface area contributed by atoms with E-state index in [0.29, 0.717) is 5.56 Å². The van der Waals surface area contributed by atoms with Crippen molar-refractivity contribution in [3.8, 4) is 0 Å². The third-order valence-corrected chi connectivity index (χ3v) is 4.18. The highest BCUT2D eigenvalue weighted by molar-refractivity contribution is 6.00. The second-order valence-corrected chi connectivity index (χ2v) is 6.24. The summed E-state index contributed by atoms with van der Waals surface area (Å²) in [6.45, 7) is 2.87. The van der Waals surface area contributed by atoms with Crippen molar-refractivity contribution in [3.63, 3.8) is 0 Å². The van der Waals surface area contributed by atoms with Gasteiger partial charge in [-0.15, -0.1) is 0 Å². The molecule has 0 bridgehead atoms. The van der Waals surface area contributed by atoms with Gasteiger partial charge in [0.2, 0.25) is 5.78 Å². The van der Waals surface area contributed by atoms with E-state index in [0.717, 1.165) is 10.2 Å². The van der Waals surface area contributed by atoms with Crippen LogP contribution < -0.4 is 11.1 Å². The van der Waals surface area contributed by atoms with E-state index in [1.54, 1.807) is 36.4 Å². The molecule has 0 aliphatic carbocycles. The molecule has 7 heteroatoms. The fourth-order valence-corrected chi connectivity index (χ4v) is 2.73. The minimum absolute atomic E-state index is 0.206. The van der Waals surface area contributed by atoms with Crippen molar-refractivity contribution in [1.29, 1.82) is 0 Å². The zero-order chi connectivity index (χ0) is 19.6. The third-order valence-electron chi connectivity index (χ3n) is 4.18. The summed E-state index contributed by atoms with van der Waals surface area (Å²) in [5, 5.41) is 2.80. The number of carbonyl (C=O) groups is 2. The van der Waals surface area contributed by atoms with Crippen LogP contribution in [0.2, 0.25) is 0 Å². The van der Waals surface area contributed by atoms with Crippen LogP contribution in [-0.2, 0) is 16.1 Å². The standard InChI is InChI=1S/C20H18N2O5/c1-12-7-9-14(10-8-12)18(24)13(2)27-17(23)11-22-20(26)16-6-4-3-5-15(16)19(25)21-22/h3-10,13H,11H2,1-2H3,(H,21,25)/t13-/m1/s1. The van der Waals surface area contributed by atoms with E-state index in [1.165, 1.54) is 19.1 Å². The second kappa shape index (κ2) is 7.41. The Hall–Kier alpha value is -3.48. The van der Waals surface area contributed by atoms with Crippen LogP contribution in [0.25, 0.3) is 10.8 Å². The Labute approximate surface area is 154 Å². The number of aromatic amines is 1. The fourth-order valence-electron chi connectivity index (χ4n) is 2.73. The molecule has 3 aromatic rings. The van der Waals surface area contributed by atoms with Crippen LogP contribution >= 0.6 is 0 Å². The van der Waals surface area contributed by atoms with Gasteiger partial charge in [0.15, 0.2) is 6.10 Å². The Morgan fingerprint density at radius 1 is 1.04 bits per heavy atom. The molecule has 0 saturated heterocycles. The van der Waals surface area contributed by atoms with Gasteiger partial charge in [-0.2, -0.15) is 0 Å². The van der Waals surface area contributed by atoms with Crippen molar-refractivity contribution in [3.05, 3.63) is 80.4 Å². The van der Waals surface area contributed by atoms with E-state index in [1.807, 2.05) is 6.92 Å². The molecular formula is C20H18N2O5. The Morgan fingerprint density at radius 3 is 2.33 bits per heavy atom. The van der Waals surface area contributed by atoms with Gasteiger partial charge in [0.25, 0.3) is 11.1 Å². The average Bonchev–Trinajstić information content (AvgIpc) is 2.66. The maximum Gasteiger partial charge on any atom is 0.328 e. The van der Waals surface area contributed by atoms with Gasteiger partial charge < -0.3 is 4.74 Å². The number of benzene rings is 2. The monoisotopic (exact) mass is 366 g/mol. The molecule has 0 aliphatic rings. The number of nitrogens with zero attached hydrogens (tertiary/aromatic N) is 1. The van der Waals surface area contributed by atoms with Crippen molar-refractivity contribution in [2.75, 3.05) is 0 Å². The summed E-state index contributed by atoms with van der Waals surface area (Å²) >= 11 is 0. The molecule has 7 nitrogen and oxygen atoms in total. The molecule has 0 spiro atoms. The number of rotatable bonds is 5. The highest BCUT2D eigenvalue weighted by Crippen LogP contribution is 2.09. The maximum atomic E-state index is 12.4. The van der Waals surface area contributed by atoms with Gasteiger partial charge in [0, 0.05) is 5.56 Å². The SMILES string of the molecule is Cc1ccc(C(=O)[C@@H](C)OC(=O)Cn2[nH]c(=O)c3ccccc3c2=O)cc1. The highest BCUT2D eigenvalue weighted by atomic mass is 16.5. The number of carbonyl (C=O) groups excluding carboxylic acids is 2. The van der Waals surface area contributed by atoms with Crippen molar-refractivity contribution >= 4 is 22.5 Å². The van der Waals surface area contributed by atoms with Gasteiger partial charge in [-0.25, -0.2) is 4.68 Å². The number of H-pyrrole nitrogens is 1. The number of hydrogen-bond acceptors (Lipinski definition) is 5. The fraction of sp³-hybridized carbons (Fsp3) is 0.200. The molecule has 0 radical (unpaired) electrons. The van der Waals surface area contributed by atoms with E-state index < -0.39 is 29.7 Å². The molecule has 1 aromatic heterocycles. The quantitative estimate of drug-likeness (QED) is 0.549.